The molecule has 326 valence electrons. The zero-order valence-corrected chi connectivity index (χ0v) is 35.4. The van der Waals surface area contributed by atoms with Gasteiger partial charge in [0.05, 0.1) is 42.4 Å². The Hall–Kier alpha value is -4.90. The number of piperidine rings is 1. The number of allylic oxidation sites excluding steroid dienone is 1. The number of hydrogen-bond donors (Lipinski definition) is 2. The van der Waals surface area contributed by atoms with Crippen LogP contribution < -0.4 is 19.5 Å². The van der Waals surface area contributed by atoms with E-state index in [1.165, 1.54) is 12.0 Å². The van der Waals surface area contributed by atoms with Crippen LogP contribution in [0.2, 0.25) is 5.02 Å². The number of pyridine rings is 2. The predicted octanol–water partition coefficient (Wildman–Crippen LogP) is 5.57. The minimum Gasteiger partial charge on any atom is -0.495 e. The molecule has 2 aliphatic carbocycles. The summed E-state index contributed by atoms with van der Waals surface area (Å²) in [5.74, 6) is -6.33. The normalized spacial score (nSPS) is 27.5. The summed E-state index contributed by atoms with van der Waals surface area (Å²) in [5, 5.41) is 2.95. The minimum absolute atomic E-state index is 0.0399. The van der Waals surface area contributed by atoms with Crippen LogP contribution in [0.5, 0.6) is 11.5 Å². The first-order chi connectivity index (χ1) is 29.2. The molecule has 5 atom stereocenters. The van der Waals surface area contributed by atoms with Crippen molar-refractivity contribution in [3.8, 4) is 22.9 Å². The lowest BCUT2D eigenvalue weighted by molar-refractivity contribution is -0.148. The molecule has 2 aromatic heterocycles. The third-order valence-corrected chi connectivity index (χ3v) is 14.6. The Morgan fingerprint density at radius 1 is 1.05 bits per heavy atom. The Labute approximate surface area is 357 Å². The highest BCUT2D eigenvalue weighted by molar-refractivity contribution is 7.91. The average Bonchev–Trinajstić information content (AvgIpc) is 4.16. The molecule has 0 unspecified atom stereocenters. The quantitative estimate of drug-likeness (QED) is 0.258. The molecule has 4 fully saturated rings. The van der Waals surface area contributed by atoms with E-state index in [2.05, 4.69) is 15.0 Å². The van der Waals surface area contributed by atoms with Gasteiger partial charge in [-0.15, -0.1) is 0 Å². The van der Waals surface area contributed by atoms with Gasteiger partial charge in [-0.3, -0.25) is 28.9 Å². The Bertz CT molecular complexity index is 2350. The third-order valence-electron chi connectivity index (χ3n) is 12.4. The number of alkyl halides is 2. The molecule has 2 saturated carbocycles. The van der Waals surface area contributed by atoms with Crippen LogP contribution in [0.4, 0.5) is 8.78 Å². The summed E-state index contributed by atoms with van der Waals surface area (Å²) in [6.45, 7) is -0.666. The van der Waals surface area contributed by atoms with Crippen molar-refractivity contribution < 1.29 is 45.9 Å². The number of aromatic nitrogens is 2. The Morgan fingerprint density at radius 2 is 1.87 bits per heavy atom. The molecular formula is C43H49ClF2N6O8S. The Kier molecular flexibility index (Phi) is 12.0. The van der Waals surface area contributed by atoms with Gasteiger partial charge in [0.2, 0.25) is 27.7 Å². The average molecular weight is 883 g/mol. The molecule has 0 bridgehead atoms. The van der Waals surface area contributed by atoms with Gasteiger partial charge in [0.25, 0.3) is 11.8 Å². The first-order valence-electron chi connectivity index (χ1n) is 20.9. The summed E-state index contributed by atoms with van der Waals surface area (Å²) >= 11 is 6.78. The van der Waals surface area contributed by atoms with Gasteiger partial charge in [-0.1, -0.05) is 42.7 Å². The molecule has 1 aromatic carbocycles. The maximum Gasteiger partial charge on any atom is 0.265 e. The number of nitrogens with zero attached hydrogens (tertiary/aromatic N) is 4. The highest BCUT2D eigenvalue weighted by atomic mass is 35.5. The van der Waals surface area contributed by atoms with Gasteiger partial charge in [0.1, 0.15) is 34.2 Å². The van der Waals surface area contributed by atoms with Crippen LogP contribution in [-0.4, -0.2) is 107 Å². The molecule has 61 heavy (non-hydrogen) atoms. The highest BCUT2D eigenvalue weighted by Gasteiger charge is 2.62. The first kappa shape index (κ1) is 42.8. The van der Waals surface area contributed by atoms with Crippen LogP contribution in [0.15, 0.2) is 54.7 Å². The second kappa shape index (κ2) is 17.1. The van der Waals surface area contributed by atoms with E-state index < -0.39 is 80.9 Å². The fourth-order valence-electron chi connectivity index (χ4n) is 8.79. The van der Waals surface area contributed by atoms with Crippen molar-refractivity contribution in [3.63, 3.8) is 0 Å². The van der Waals surface area contributed by atoms with Gasteiger partial charge in [-0.25, -0.2) is 22.2 Å². The molecule has 3 aromatic rings. The SMILES string of the molecule is COc1ccc2c(O[C@@H]3C[C@H]4C(=O)N[C@]5(C(=O)NS(=O)(=O)C6CC6)C[C@H]5/C=C\CCCCC[C@H](CC(=O)N5CCCC(F)(F)C5)C(=O)N4C3)cc(-c3ccccn3)nc2c1Cl. The number of carbonyl (C=O) groups is 4. The summed E-state index contributed by atoms with van der Waals surface area (Å²) in [6, 6.07) is 9.24. The van der Waals surface area contributed by atoms with E-state index in [0.29, 0.717) is 65.9 Å². The third kappa shape index (κ3) is 9.18. The van der Waals surface area contributed by atoms with Crippen molar-refractivity contribution >= 4 is 56.2 Å². The van der Waals surface area contributed by atoms with Crippen molar-refractivity contribution in [2.75, 3.05) is 26.7 Å². The number of carbonyl (C=O) groups excluding carboxylic acids is 4. The molecule has 5 heterocycles. The van der Waals surface area contributed by atoms with Crippen LogP contribution in [-0.2, 0) is 29.2 Å². The monoisotopic (exact) mass is 882 g/mol. The summed E-state index contributed by atoms with van der Waals surface area (Å²) in [6.07, 6.45) is 7.96. The summed E-state index contributed by atoms with van der Waals surface area (Å²) in [5.41, 5.74) is -0.248. The first-order valence-corrected chi connectivity index (χ1v) is 22.9. The number of fused-ring (bicyclic) bond motifs is 3. The predicted molar refractivity (Wildman–Crippen MR) is 221 cm³/mol. The van der Waals surface area contributed by atoms with Crippen LogP contribution in [0, 0.1) is 11.8 Å². The molecule has 2 N–H and O–H groups in total. The fraction of sp³-hybridized carbons (Fsp3) is 0.535. The number of benzene rings is 1. The molecule has 3 aliphatic heterocycles. The van der Waals surface area contributed by atoms with Gasteiger partial charge < -0.3 is 24.6 Å². The standard InChI is InChI=1S/C43H49ClF2N6O8S/c1-59-34-16-15-30-35(22-32(48-38(30)37(34)44)31-12-7-8-18-47-31)60-28-21-33-39(54)49-43(41(56)50-61(57,58)29-13-14-29)23-27(43)11-6-4-2-3-5-10-26(40(55)52(33)24-28)20-36(53)51-19-9-17-42(45,46)25-51/h6-8,11-12,15-16,18,22,26-29,33H,2-5,9-10,13-14,17,19-21,23-25H2,1H3,(H,49,54)(H,50,56)/b11-6-/t26-,27-,28-,33+,43-/m1/s1. The van der Waals surface area contributed by atoms with Gasteiger partial charge in [-0.2, -0.15) is 0 Å². The van der Waals surface area contributed by atoms with Gasteiger partial charge in [-0.05, 0) is 69.2 Å². The number of halogens is 3. The second-order valence-electron chi connectivity index (χ2n) is 16.9. The van der Waals surface area contributed by atoms with Gasteiger partial charge in [0.15, 0.2) is 0 Å². The molecule has 8 rings (SSSR count). The van der Waals surface area contributed by atoms with E-state index in [0.717, 1.165) is 11.3 Å². The second-order valence-corrected chi connectivity index (χ2v) is 19.2. The van der Waals surface area contributed by atoms with Crippen molar-refractivity contribution in [2.45, 2.75) is 106 Å². The van der Waals surface area contributed by atoms with Crippen LogP contribution in [0.25, 0.3) is 22.3 Å². The smallest absolute Gasteiger partial charge is 0.265 e. The molecule has 4 amide bonds. The fourth-order valence-corrected chi connectivity index (χ4v) is 10.4. The lowest BCUT2D eigenvalue weighted by atomic mass is 9.94. The van der Waals surface area contributed by atoms with Crippen molar-refractivity contribution in [1.29, 1.82) is 0 Å². The summed E-state index contributed by atoms with van der Waals surface area (Å²) < 4.78 is 69.1. The maximum atomic E-state index is 14.8. The topological polar surface area (TPSA) is 177 Å². The number of likely N-dealkylation sites (tertiary alicyclic amines) is 1. The maximum absolute atomic E-state index is 14.8. The molecule has 18 heteroatoms. The van der Waals surface area contributed by atoms with E-state index in [-0.39, 0.29) is 56.6 Å². The number of nitrogens with one attached hydrogen (secondary N) is 2. The minimum atomic E-state index is -3.95. The van der Waals surface area contributed by atoms with Crippen LogP contribution >= 0.6 is 11.6 Å². The number of methoxy groups -OCH3 is 1. The zero-order valence-electron chi connectivity index (χ0n) is 33.8. The molecule has 14 nitrogen and oxygen atoms in total. The van der Waals surface area contributed by atoms with Crippen LogP contribution in [0.3, 0.4) is 0 Å². The number of hydrogen-bond acceptors (Lipinski definition) is 10. The van der Waals surface area contributed by atoms with Crippen molar-refractivity contribution in [2.24, 2.45) is 11.8 Å². The lowest BCUT2D eigenvalue weighted by Gasteiger charge is -2.34. The Balaban J connectivity index is 1.14. The summed E-state index contributed by atoms with van der Waals surface area (Å²) in [7, 11) is -2.47. The number of sulfonamides is 1. The van der Waals surface area contributed by atoms with Gasteiger partial charge in [0, 0.05) is 55.3 Å². The van der Waals surface area contributed by atoms with E-state index in [1.54, 1.807) is 42.6 Å². The summed E-state index contributed by atoms with van der Waals surface area (Å²) in [4.78, 5) is 68.7. The molecule has 5 aliphatic rings. The van der Waals surface area contributed by atoms with Gasteiger partial charge >= 0.3 is 0 Å². The van der Waals surface area contributed by atoms with E-state index in [4.69, 9.17) is 26.1 Å². The molecular weight excluding hydrogens is 834 g/mol. The molecule has 2 saturated heterocycles. The number of ether oxygens (including phenoxy) is 2. The molecule has 0 radical (unpaired) electrons. The Morgan fingerprint density at radius 3 is 2.61 bits per heavy atom. The number of rotatable bonds is 9. The molecule has 0 spiro atoms. The largest absolute Gasteiger partial charge is 0.495 e. The van der Waals surface area contributed by atoms with E-state index in [1.807, 2.05) is 12.2 Å². The zero-order chi connectivity index (χ0) is 43.1. The van der Waals surface area contributed by atoms with E-state index in [9.17, 15) is 36.4 Å². The highest BCUT2D eigenvalue weighted by Crippen LogP contribution is 2.46. The van der Waals surface area contributed by atoms with E-state index >= 15 is 0 Å². The van der Waals surface area contributed by atoms with Crippen LogP contribution in [0.1, 0.15) is 77.0 Å². The number of amides is 4. The van der Waals surface area contributed by atoms with Crippen molar-refractivity contribution in [1.82, 2.24) is 29.8 Å². The lowest BCUT2D eigenvalue weighted by Crippen LogP contribution is -2.57. The van der Waals surface area contributed by atoms with Crippen molar-refractivity contribution in [3.05, 3.63) is 59.8 Å².